The van der Waals surface area contributed by atoms with Crippen molar-refractivity contribution in [2.75, 3.05) is 20.3 Å². The third-order valence-electron chi connectivity index (χ3n) is 7.48. The number of aliphatic hydroxyl groups is 6. The van der Waals surface area contributed by atoms with Crippen LogP contribution in [0, 0.1) is 12.8 Å². The second kappa shape index (κ2) is 12.7. The lowest BCUT2D eigenvalue weighted by atomic mass is 9.82. The van der Waals surface area contributed by atoms with Crippen LogP contribution in [0.1, 0.15) is 28.8 Å². The Morgan fingerprint density at radius 1 is 0.949 bits per heavy atom. The fourth-order valence-corrected chi connectivity index (χ4v) is 5.23. The summed E-state index contributed by atoms with van der Waals surface area (Å²) in [5.74, 6) is -0.723. The summed E-state index contributed by atoms with van der Waals surface area (Å²) in [6.45, 7) is 0.921. The van der Waals surface area contributed by atoms with Crippen LogP contribution in [0.25, 0.3) is 11.1 Å². The maximum Gasteiger partial charge on any atom is 0.251 e. The summed E-state index contributed by atoms with van der Waals surface area (Å²) in [5, 5.41) is 64.4. The van der Waals surface area contributed by atoms with Gasteiger partial charge in [0.15, 0.2) is 0 Å². The maximum atomic E-state index is 12.0. The highest BCUT2D eigenvalue weighted by molar-refractivity contribution is 5.95. The first-order chi connectivity index (χ1) is 18.7. The molecule has 214 valence electrons. The summed E-state index contributed by atoms with van der Waals surface area (Å²) in [6.07, 6.45) is -9.08. The Morgan fingerprint density at radius 2 is 1.69 bits per heavy atom. The van der Waals surface area contributed by atoms with Crippen LogP contribution in [0.3, 0.4) is 0 Å². The Bertz CT molecular complexity index is 1130. The van der Waals surface area contributed by atoms with Crippen molar-refractivity contribution in [2.24, 2.45) is 5.92 Å². The molecule has 2 aromatic carbocycles. The van der Waals surface area contributed by atoms with Crippen LogP contribution in [-0.4, -0.2) is 106 Å². The molecule has 0 radical (unpaired) electrons. The highest BCUT2D eigenvalue weighted by atomic mass is 16.7. The van der Waals surface area contributed by atoms with Gasteiger partial charge in [0.05, 0.1) is 37.6 Å². The number of carbonyl (C=O) groups is 1. The second-order valence-electron chi connectivity index (χ2n) is 10.1. The maximum absolute atomic E-state index is 12.0. The van der Waals surface area contributed by atoms with Gasteiger partial charge in [-0.15, -0.1) is 0 Å². The minimum Gasteiger partial charge on any atom is -0.462 e. The van der Waals surface area contributed by atoms with Crippen molar-refractivity contribution in [2.45, 2.75) is 68.8 Å². The van der Waals surface area contributed by atoms with Gasteiger partial charge in [-0.05, 0) is 54.3 Å². The van der Waals surface area contributed by atoms with E-state index in [9.17, 15) is 35.4 Å². The number of aliphatic hydroxyl groups excluding tert-OH is 6. The molecule has 2 aliphatic rings. The standard InChI is InChI=1S/C28H37NO10/c1-14-8-16(15-4-3-5-17(9-15)27(36)29-2)6-7-21(14)38-28-25(34)19(24(33)23(13-31)39-28)11-22-26(35)20(32)10-18(12-30)37-22/h3-9,18-20,22-26,28,30-35H,10-13H2,1-2H3,(H,29,36)/t18?,19?,20?,22-,23?,24+,25?,26?,28+/m1/s1. The number of rotatable bonds is 8. The molecule has 11 nitrogen and oxygen atoms in total. The van der Waals surface area contributed by atoms with Crippen molar-refractivity contribution in [3.05, 3.63) is 53.6 Å². The molecule has 2 aliphatic heterocycles. The Hall–Kier alpha value is -2.61. The van der Waals surface area contributed by atoms with E-state index >= 15 is 0 Å². The van der Waals surface area contributed by atoms with E-state index in [0.29, 0.717) is 11.3 Å². The number of carbonyl (C=O) groups excluding carboxylic acids is 1. The SMILES string of the molecule is CNC(=O)c1cccc(-c2ccc(O[C@H]3OC(CO)[C@@H](O)C(C[C@H]4OC(CO)CC(O)C4O)C3O)c(C)c2)c1. The predicted octanol–water partition coefficient (Wildman–Crippen LogP) is -0.283. The summed E-state index contributed by atoms with van der Waals surface area (Å²) in [4.78, 5) is 12.0. The molecule has 6 unspecified atom stereocenters. The smallest absolute Gasteiger partial charge is 0.251 e. The highest BCUT2D eigenvalue weighted by Gasteiger charge is 2.48. The van der Waals surface area contributed by atoms with Crippen molar-refractivity contribution >= 4 is 5.91 Å². The van der Waals surface area contributed by atoms with E-state index in [1.165, 1.54) is 0 Å². The molecule has 0 aromatic heterocycles. The molecule has 2 heterocycles. The summed E-state index contributed by atoms with van der Waals surface area (Å²) < 4.78 is 17.4. The minimum absolute atomic E-state index is 0.0589. The topological polar surface area (TPSA) is 178 Å². The van der Waals surface area contributed by atoms with Crippen LogP contribution < -0.4 is 10.1 Å². The molecule has 0 aliphatic carbocycles. The number of hydrogen-bond acceptors (Lipinski definition) is 10. The molecule has 9 atom stereocenters. The van der Waals surface area contributed by atoms with Crippen molar-refractivity contribution < 1.29 is 49.6 Å². The first-order valence-corrected chi connectivity index (χ1v) is 13.0. The van der Waals surface area contributed by atoms with Crippen LogP contribution in [0.5, 0.6) is 5.75 Å². The summed E-state index contributed by atoms with van der Waals surface area (Å²) in [5.41, 5.74) is 2.92. The van der Waals surface area contributed by atoms with Crippen LogP contribution in [0.15, 0.2) is 42.5 Å². The fourth-order valence-electron chi connectivity index (χ4n) is 5.23. The molecule has 11 heteroatoms. The van der Waals surface area contributed by atoms with Crippen LogP contribution in [0.2, 0.25) is 0 Å². The Kier molecular flexibility index (Phi) is 9.57. The Morgan fingerprint density at radius 3 is 2.36 bits per heavy atom. The van der Waals surface area contributed by atoms with Gasteiger partial charge in [0.1, 0.15) is 24.1 Å². The van der Waals surface area contributed by atoms with Gasteiger partial charge in [0, 0.05) is 24.9 Å². The van der Waals surface area contributed by atoms with E-state index in [4.69, 9.17) is 14.2 Å². The lowest BCUT2D eigenvalue weighted by Gasteiger charge is -2.45. The molecule has 2 saturated heterocycles. The van der Waals surface area contributed by atoms with Gasteiger partial charge in [0.25, 0.3) is 5.91 Å². The van der Waals surface area contributed by atoms with Crippen molar-refractivity contribution in [3.8, 4) is 16.9 Å². The first-order valence-electron chi connectivity index (χ1n) is 13.0. The average molecular weight is 548 g/mol. The Labute approximate surface area is 226 Å². The molecule has 1 amide bonds. The number of aryl methyl sites for hydroxylation is 1. The van der Waals surface area contributed by atoms with Gasteiger partial charge in [-0.25, -0.2) is 0 Å². The zero-order chi connectivity index (χ0) is 28.3. The minimum atomic E-state index is -1.37. The fraction of sp³-hybridized carbons (Fsp3) is 0.536. The van der Waals surface area contributed by atoms with Crippen molar-refractivity contribution in [1.82, 2.24) is 5.32 Å². The van der Waals surface area contributed by atoms with Crippen molar-refractivity contribution in [1.29, 1.82) is 0 Å². The van der Waals surface area contributed by atoms with Crippen molar-refractivity contribution in [3.63, 3.8) is 0 Å². The normalized spacial score (nSPS) is 33.0. The molecular formula is C28H37NO10. The van der Waals surface area contributed by atoms with Gasteiger partial charge in [-0.2, -0.15) is 0 Å². The summed E-state index contributed by atoms with van der Waals surface area (Å²) in [6, 6.07) is 12.6. The zero-order valence-corrected chi connectivity index (χ0v) is 21.9. The third kappa shape index (κ3) is 6.42. The molecule has 4 rings (SSSR count). The molecular weight excluding hydrogens is 510 g/mol. The summed E-state index contributed by atoms with van der Waals surface area (Å²) in [7, 11) is 1.57. The van der Waals surface area contributed by atoms with Gasteiger partial charge < -0.3 is 50.2 Å². The Balaban J connectivity index is 1.52. The lowest BCUT2D eigenvalue weighted by molar-refractivity contribution is -0.273. The van der Waals surface area contributed by atoms with Gasteiger partial charge in [0.2, 0.25) is 6.29 Å². The van der Waals surface area contributed by atoms with E-state index in [0.717, 1.165) is 16.7 Å². The van der Waals surface area contributed by atoms with E-state index in [1.807, 2.05) is 19.1 Å². The lowest BCUT2D eigenvalue weighted by Crippen LogP contribution is -2.59. The summed E-state index contributed by atoms with van der Waals surface area (Å²) >= 11 is 0. The predicted molar refractivity (Wildman–Crippen MR) is 139 cm³/mol. The van der Waals surface area contributed by atoms with Gasteiger partial charge >= 0.3 is 0 Å². The number of nitrogens with one attached hydrogen (secondary N) is 1. The largest absolute Gasteiger partial charge is 0.462 e. The van der Waals surface area contributed by atoms with E-state index in [2.05, 4.69) is 5.32 Å². The van der Waals surface area contributed by atoms with Gasteiger partial charge in [-0.3, -0.25) is 4.79 Å². The van der Waals surface area contributed by atoms with E-state index < -0.39 is 61.5 Å². The first kappa shape index (κ1) is 29.4. The van der Waals surface area contributed by atoms with Gasteiger partial charge in [-0.1, -0.05) is 18.2 Å². The highest BCUT2D eigenvalue weighted by Crippen LogP contribution is 2.36. The molecule has 0 bridgehead atoms. The quantitative estimate of drug-likeness (QED) is 0.232. The third-order valence-corrected chi connectivity index (χ3v) is 7.48. The molecule has 2 aromatic rings. The average Bonchev–Trinajstić information content (AvgIpc) is 2.95. The van der Waals surface area contributed by atoms with Crippen LogP contribution in [0.4, 0.5) is 0 Å². The number of hydrogen-bond donors (Lipinski definition) is 7. The number of ether oxygens (including phenoxy) is 3. The van der Waals surface area contributed by atoms with E-state index in [-0.39, 0.29) is 25.4 Å². The number of amides is 1. The molecule has 7 N–H and O–H groups in total. The van der Waals surface area contributed by atoms with Crippen LogP contribution >= 0.6 is 0 Å². The molecule has 2 fully saturated rings. The molecule has 39 heavy (non-hydrogen) atoms. The molecule has 0 saturated carbocycles. The monoisotopic (exact) mass is 547 g/mol. The number of benzene rings is 2. The second-order valence-corrected chi connectivity index (χ2v) is 10.1. The zero-order valence-electron chi connectivity index (χ0n) is 21.9. The molecule has 0 spiro atoms. The van der Waals surface area contributed by atoms with E-state index in [1.54, 1.807) is 37.4 Å². The van der Waals surface area contributed by atoms with Crippen LogP contribution in [-0.2, 0) is 9.47 Å².